The fraction of sp³-hybridized carbons (Fsp3) is 0.481. The first-order valence-corrected chi connectivity index (χ1v) is 11.5. The van der Waals surface area contributed by atoms with Gasteiger partial charge in [0.25, 0.3) is 0 Å². The molecule has 0 aliphatic carbocycles. The van der Waals surface area contributed by atoms with Gasteiger partial charge in [-0.25, -0.2) is 0 Å². The van der Waals surface area contributed by atoms with Crippen LogP contribution in [0.2, 0.25) is 0 Å². The minimum absolute atomic E-state index is 0.754. The summed E-state index contributed by atoms with van der Waals surface area (Å²) in [5, 5.41) is 4.68. The number of fused-ring (bicyclic) bond motifs is 2. The third-order valence-corrected chi connectivity index (χ3v) is 5.55. The zero-order valence-electron chi connectivity index (χ0n) is 18.4. The predicted octanol–water partition coefficient (Wildman–Crippen LogP) is 8.08. The van der Waals surface area contributed by atoms with E-state index in [0.29, 0.717) is 0 Å². The summed E-state index contributed by atoms with van der Waals surface area (Å²) in [6.07, 6.45) is 9.30. The SMILES string of the molecule is CCCCCc1ccc2c(OCCCC)c3ccccc3c(OCCCC)c2c1. The molecule has 0 aliphatic rings. The lowest BCUT2D eigenvalue weighted by Crippen LogP contribution is -2.02. The molecule has 0 atom stereocenters. The van der Waals surface area contributed by atoms with E-state index in [9.17, 15) is 0 Å². The van der Waals surface area contributed by atoms with Gasteiger partial charge in [0.15, 0.2) is 0 Å². The van der Waals surface area contributed by atoms with Crippen LogP contribution in [0.15, 0.2) is 42.5 Å². The molecule has 0 bridgehead atoms. The highest BCUT2D eigenvalue weighted by atomic mass is 16.5. The Morgan fingerprint density at radius 1 is 0.586 bits per heavy atom. The largest absolute Gasteiger partial charge is 0.492 e. The summed E-state index contributed by atoms with van der Waals surface area (Å²) in [4.78, 5) is 0. The van der Waals surface area contributed by atoms with Crippen LogP contribution in [0.4, 0.5) is 0 Å². The Bertz CT molecular complexity index is 913. The van der Waals surface area contributed by atoms with Gasteiger partial charge in [-0.05, 0) is 37.3 Å². The van der Waals surface area contributed by atoms with Crippen LogP contribution in [0.5, 0.6) is 11.5 Å². The summed E-state index contributed by atoms with van der Waals surface area (Å²) in [7, 11) is 0. The normalized spacial score (nSPS) is 11.3. The lowest BCUT2D eigenvalue weighted by atomic mass is 9.97. The summed E-state index contributed by atoms with van der Waals surface area (Å²) in [5.41, 5.74) is 1.39. The van der Waals surface area contributed by atoms with Crippen molar-refractivity contribution < 1.29 is 9.47 Å². The molecule has 0 heterocycles. The molecule has 29 heavy (non-hydrogen) atoms. The average molecular weight is 393 g/mol. The van der Waals surface area contributed by atoms with Gasteiger partial charge in [-0.3, -0.25) is 0 Å². The van der Waals surface area contributed by atoms with Gasteiger partial charge in [-0.2, -0.15) is 0 Å². The van der Waals surface area contributed by atoms with Crippen LogP contribution in [0.1, 0.15) is 71.3 Å². The van der Waals surface area contributed by atoms with Gasteiger partial charge in [0.2, 0.25) is 0 Å². The van der Waals surface area contributed by atoms with Crippen LogP contribution in [0.3, 0.4) is 0 Å². The van der Waals surface area contributed by atoms with E-state index in [1.165, 1.54) is 35.6 Å². The molecule has 3 rings (SSSR count). The highest BCUT2D eigenvalue weighted by molar-refractivity contribution is 6.11. The lowest BCUT2D eigenvalue weighted by Gasteiger charge is -2.18. The molecule has 156 valence electrons. The van der Waals surface area contributed by atoms with Crippen molar-refractivity contribution in [3.05, 3.63) is 48.0 Å². The molecule has 0 unspecified atom stereocenters. The predicted molar refractivity (Wildman–Crippen MR) is 125 cm³/mol. The molecule has 0 fully saturated rings. The molecule has 0 aromatic heterocycles. The Morgan fingerprint density at radius 2 is 1.14 bits per heavy atom. The van der Waals surface area contributed by atoms with Gasteiger partial charge in [-0.1, -0.05) is 82.9 Å². The first-order valence-electron chi connectivity index (χ1n) is 11.5. The van der Waals surface area contributed by atoms with E-state index in [1.54, 1.807) is 0 Å². The van der Waals surface area contributed by atoms with E-state index in [0.717, 1.165) is 67.6 Å². The molecular formula is C27H36O2. The van der Waals surface area contributed by atoms with Crippen LogP contribution in [0.25, 0.3) is 21.5 Å². The number of unbranched alkanes of at least 4 members (excludes halogenated alkanes) is 4. The van der Waals surface area contributed by atoms with Crippen LogP contribution in [-0.4, -0.2) is 13.2 Å². The quantitative estimate of drug-likeness (QED) is 0.229. The van der Waals surface area contributed by atoms with E-state index in [1.807, 2.05) is 0 Å². The number of hydrogen-bond donors (Lipinski definition) is 0. The standard InChI is InChI=1S/C27H36O2/c1-4-7-10-13-21-16-17-24-25(20-21)27(29-19-9-6-3)23-15-12-11-14-22(23)26(24)28-18-8-5-2/h11-12,14-17,20H,4-10,13,18-19H2,1-3H3. The number of benzene rings is 3. The zero-order chi connectivity index (χ0) is 20.5. The third kappa shape index (κ3) is 5.23. The maximum absolute atomic E-state index is 6.38. The first-order chi connectivity index (χ1) is 14.3. The topological polar surface area (TPSA) is 18.5 Å². The van der Waals surface area contributed by atoms with Crippen LogP contribution in [-0.2, 0) is 6.42 Å². The smallest absolute Gasteiger partial charge is 0.135 e. The molecule has 2 nitrogen and oxygen atoms in total. The second-order valence-corrected chi connectivity index (χ2v) is 7.94. The fourth-order valence-electron chi connectivity index (χ4n) is 3.83. The van der Waals surface area contributed by atoms with Crippen LogP contribution in [0, 0.1) is 0 Å². The zero-order valence-corrected chi connectivity index (χ0v) is 18.4. The third-order valence-electron chi connectivity index (χ3n) is 5.55. The average Bonchev–Trinajstić information content (AvgIpc) is 2.75. The van der Waals surface area contributed by atoms with Gasteiger partial charge in [0, 0.05) is 21.5 Å². The van der Waals surface area contributed by atoms with Crippen LogP contribution < -0.4 is 9.47 Å². The minimum atomic E-state index is 0.754. The molecule has 3 aromatic carbocycles. The van der Waals surface area contributed by atoms with Crippen molar-refractivity contribution in [2.24, 2.45) is 0 Å². The monoisotopic (exact) mass is 392 g/mol. The Kier molecular flexibility index (Phi) is 8.22. The first kappa shape index (κ1) is 21.5. The maximum atomic E-state index is 6.38. The Hall–Kier alpha value is -2.22. The Morgan fingerprint density at radius 3 is 1.72 bits per heavy atom. The molecule has 0 saturated carbocycles. The molecule has 0 radical (unpaired) electrons. The summed E-state index contributed by atoms with van der Waals surface area (Å²) in [6.45, 7) is 8.17. The van der Waals surface area contributed by atoms with Crippen molar-refractivity contribution in [1.29, 1.82) is 0 Å². The van der Waals surface area contributed by atoms with Crippen molar-refractivity contribution in [3.8, 4) is 11.5 Å². The van der Waals surface area contributed by atoms with Crippen molar-refractivity contribution >= 4 is 21.5 Å². The highest BCUT2D eigenvalue weighted by Gasteiger charge is 2.16. The van der Waals surface area contributed by atoms with E-state index in [4.69, 9.17) is 9.47 Å². The number of aryl methyl sites for hydroxylation is 1. The van der Waals surface area contributed by atoms with Crippen LogP contribution >= 0.6 is 0 Å². The second kappa shape index (κ2) is 11.1. The number of ether oxygens (including phenoxy) is 2. The minimum Gasteiger partial charge on any atom is -0.492 e. The number of rotatable bonds is 12. The van der Waals surface area contributed by atoms with Gasteiger partial charge >= 0.3 is 0 Å². The van der Waals surface area contributed by atoms with Gasteiger partial charge in [-0.15, -0.1) is 0 Å². The Labute approximate surface area is 176 Å². The van der Waals surface area contributed by atoms with E-state index in [-0.39, 0.29) is 0 Å². The molecular weight excluding hydrogens is 356 g/mol. The summed E-state index contributed by atoms with van der Waals surface area (Å²) in [5.74, 6) is 2.02. The van der Waals surface area contributed by atoms with Crippen molar-refractivity contribution in [3.63, 3.8) is 0 Å². The van der Waals surface area contributed by atoms with Crippen molar-refractivity contribution in [2.75, 3.05) is 13.2 Å². The molecule has 0 aliphatic heterocycles. The van der Waals surface area contributed by atoms with E-state index >= 15 is 0 Å². The lowest BCUT2D eigenvalue weighted by molar-refractivity contribution is 0.311. The maximum Gasteiger partial charge on any atom is 0.135 e. The van der Waals surface area contributed by atoms with Crippen molar-refractivity contribution in [2.45, 2.75) is 72.1 Å². The molecule has 0 amide bonds. The summed E-state index contributed by atoms with van der Waals surface area (Å²) in [6, 6.07) is 15.4. The van der Waals surface area contributed by atoms with Gasteiger partial charge in [0.1, 0.15) is 11.5 Å². The highest BCUT2D eigenvalue weighted by Crippen LogP contribution is 2.43. The molecule has 0 N–H and O–H groups in total. The van der Waals surface area contributed by atoms with Gasteiger partial charge in [0.05, 0.1) is 13.2 Å². The van der Waals surface area contributed by atoms with E-state index in [2.05, 4.69) is 63.2 Å². The Balaban J connectivity index is 2.13. The van der Waals surface area contributed by atoms with Crippen molar-refractivity contribution in [1.82, 2.24) is 0 Å². The summed E-state index contributed by atoms with van der Waals surface area (Å²) >= 11 is 0. The van der Waals surface area contributed by atoms with Gasteiger partial charge < -0.3 is 9.47 Å². The van der Waals surface area contributed by atoms with E-state index < -0.39 is 0 Å². The fourth-order valence-corrected chi connectivity index (χ4v) is 3.83. The number of hydrogen-bond acceptors (Lipinski definition) is 2. The summed E-state index contributed by atoms with van der Waals surface area (Å²) < 4.78 is 12.7. The second-order valence-electron chi connectivity index (χ2n) is 7.94. The molecule has 3 aromatic rings. The molecule has 2 heteroatoms. The molecule has 0 spiro atoms. The molecule has 0 saturated heterocycles.